The number of halogens is 1. The van der Waals surface area contributed by atoms with Crippen LogP contribution in [0.1, 0.15) is 31.2 Å². The molecule has 1 aromatic carbocycles. The van der Waals surface area contributed by atoms with E-state index in [0.29, 0.717) is 18.8 Å². The third-order valence-electron chi connectivity index (χ3n) is 4.99. The molecule has 0 radical (unpaired) electrons. The lowest BCUT2D eigenvalue weighted by Crippen LogP contribution is -2.55. The van der Waals surface area contributed by atoms with Crippen LogP contribution in [0, 0.1) is 18.7 Å². The summed E-state index contributed by atoms with van der Waals surface area (Å²) in [6, 6.07) is 3.84. The molecule has 0 bridgehead atoms. The largest absolute Gasteiger partial charge is 0.480 e. The zero-order chi connectivity index (χ0) is 18.2. The molecule has 2 saturated carbocycles. The van der Waals surface area contributed by atoms with Crippen molar-refractivity contribution < 1.29 is 22.7 Å². The van der Waals surface area contributed by atoms with Gasteiger partial charge in [0.2, 0.25) is 10.0 Å². The van der Waals surface area contributed by atoms with Gasteiger partial charge in [-0.3, -0.25) is 9.69 Å². The lowest BCUT2D eigenvalue weighted by Gasteiger charge is -2.42. The van der Waals surface area contributed by atoms with Gasteiger partial charge in [0.05, 0.1) is 11.4 Å². The first kappa shape index (κ1) is 18.3. The van der Waals surface area contributed by atoms with E-state index in [1.54, 1.807) is 0 Å². The molecule has 0 atom stereocenters. The predicted molar refractivity (Wildman–Crippen MR) is 90.2 cm³/mol. The molecule has 2 N–H and O–H groups in total. The second-order valence-corrected chi connectivity index (χ2v) is 8.76. The van der Waals surface area contributed by atoms with Crippen LogP contribution in [-0.2, 0) is 14.8 Å². The van der Waals surface area contributed by atoms with Crippen molar-refractivity contribution in [2.24, 2.45) is 5.92 Å². The molecule has 0 spiro atoms. The summed E-state index contributed by atoms with van der Waals surface area (Å²) in [4.78, 5) is 12.9. The number of carboxylic acids is 1. The molecule has 2 aliphatic rings. The van der Waals surface area contributed by atoms with Crippen LogP contribution < -0.4 is 4.72 Å². The minimum Gasteiger partial charge on any atom is -0.480 e. The maximum atomic E-state index is 13.6. The molecule has 25 heavy (non-hydrogen) atoms. The summed E-state index contributed by atoms with van der Waals surface area (Å²) < 4.78 is 41.2. The van der Waals surface area contributed by atoms with Crippen molar-refractivity contribution in [3.63, 3.8) is 0 Å². The van der Waals surface area contributed by atoms with Crippen molar-refractivity contribution in [3.8, 4) is 0 Å². The fraction of sp³-hybridized carbons (Fsp3) is 0.588. The van der Waals surface area contributed by atoms with Gasteiger partial charge < -0.3 is 5.11 Å². The smallest absolute Gasteiger partial charge is 0.317 e. The lowest BCUT2D eigenvalue weighted by atomic mass is 9.86. The summed E-state index contributed by atoms with van der Waals surface area (Å²) in [5.74, 6) is -0.837. The first-order valence-corrected chi connectivity index (χ1v) is 9.98. The van der Waals surface area contributed by atoms with Gasteiger partial charge in [-0.1, -0.05) is 6.07 Å². The number of hydrogen-bond donors (Lipinski definition) is 2. The fourth-order valence-electron chi connectivity index (χ4n) is 3.29. The second kappa shape index (κ2) is 7.01. The molecule has 0 saturated heterocycles. The molecule has 2 fully saturated rings. The molecule has 0 amide bonds. The molecule has 0 heterocycles. The molecule has 0 aliphatic heterocycles. The van der Waals surface area contributed by atoms with Crippen molar-refractivity contribution in [1.29, 1.82) is 0 Å². The van der Waals surface area contributed by atoms with Gasteiger partial charge in [0, 0.05) is 24.2 Å². The van der Waals surface area contributed by atoms with Gasteiger partial charge in [-0.05, 0) is 50.7 Å². The highest BCUT2D eigenvalue weighted by atomic mass is 32.2. The van der Waals surface area contributed by atoms with E-state index in [4.69, 9.17) is 5.11 Å². The van der Waals surface area contributed by atoms with E-state index in [9.17, 15) is 17.6 Å². The van der Waals surface area contributed by atoms with Crippen LogP contribution >= 0.6 is 0 Å². The van der Waals surface area contributed by atoms with Crippen molar-refractivity contribution in [2.75, 3.05) is 13.1 Å². The van der Waals surface area contributed by atoms with Crippen LogP contribution in [0.25, 0.3) is 0 Å². The van der Waals surface area contributed by atoms with Crippen LogP contribution in [0.4, 0.5) is 4.39 Å². The number of aliphatic carboxylic acids is 1. The molecule has 138 valence electrons. The van der Waals surface area contributed by atoms with Crippen LogP contribution in [0.5, 0.6) is 0 Å². The Morgan fingerprint density at radius 1 is 1.36 bits per heavy atom. The van der Waals surface area contributed by atoms with Crippen LogP contribution in [0.2, 0.25) is 0 Å². The Hall–Kier alpha value is -1.51. The number of rotatable bonds is 8. The Kier molecular flexibility index (Phi) is 5.13. The minimum absolute atomic E-state index is 0.0103. The number of nitrogens with zero attached hydrogens (tertiary/aromatic N) is 1. The predicted octanol–water partition coefficient (Wildman–Crippen LogP) is 1.74. The summed E-state index contributed by atoms with van der Waals surface area (Å²) in [6.07, 6.45) is 3.43. The number of hydrogen-bond acceptors (Lipinski definition) is 4. The monoisotopic (exact) mass is 370 g/mol. The Morgan fingerprint density at radius 3 is 2.64 bits per heavy atom. The van der Waals surface area contributed by atoms with E-state index in [-0.39, 0.29) is 29.1 Å². The van der Waals surface area contributed by atoms with E-state index in [0.717, 1.165) is 19.4 Å². The van der Waals surface area contributed by atoms with E-state index < -0.39 is 21.8 Å². The van der Waals surface area contributed by atoms with Gasteiger partial charge in [-0.25, -0.2) is 17.5 Å². The molecule has 1 aromatic rings. The second-order valence-electron chi connectivity index (χ2n) is 7.07. The third-order valence-corrected chi connectivity index (χ3v) is 6.65. The molecule has 6 nitrogen and oxygen atoms in total. The van der Waals surface area contributed by atoms with Gasteiger partial charge in [0.25, 0.3) is 0 Å². The molecule has 2 aliphatic carbocycles. The maximum absolute atomic E-state index is 13.6. The maximum Gasteiger partial charge on any atom is 0.317 e. The number of benzene rings is 1. The van der Waals surface area contributed by atoms with Gasteiger partial charge in [-0.2, -0.15) is 0 Å². The number of carbonyl (C=O) groups is 1. The van der Waals surface area contributed by atoms with Crippen molar-refractivity contribution in [1.82, 2.24) is 9.62 Å². The number of carboxylic acid groups (broad SMARTS) is 1. The van der Waals surface area contributed by atoms with Gasteiger partial charge in [0.15, 0.2) is 0 Å². The summed E-state index contributed by atoms with van der Waals surface area (Å²) in [5, 5.41) is 9.05. The average molecular weight is 370 g/mol. The van der Waals surface area contributed by atoms with Crippen LogP contribution in [0.3, 0.4) is 0 Å². The molecular formula is C17H23FN2O4S. The van der Waals surface area contributed by atoms with Crippen molar-refractivity contribution >= 4 is 16.0 Å². The first-order valence-electron chi connectivity index (χ1n) is 8.49. The summed E-state index contributed by atoms with van der Waals surface area (Å²) >= 11 is 0. The third kappa shape index (κ3) is 4.37. The zero-order valence-corrected chi connectivity index (χ0v) is 14.9. The Morgan fingerprint density at radius 2 is 2.04 bits per heavy atom. The minimum atomic E-state index is -3.78. The van der Waals surface area contributed by atoms with E-state index in [2.05, 4.69) is 4.72 Å². The van der Waals surface area contributed by atoms with Crippen LogP contribution in [-0.4, -0.2) is 49.6 Å². The van der Waals surface area contributed by atoms with E-state index >= 15 is 0 Å². The van der Waals surface area contributed by atoms with E-state index in [1.807, 2.05) is 4.90 Å². The Labute approximate surface area is 147 Å². The molecule has 0 aromatic heterocycles. The highest BCUT2D eigenvalue weighted by molar-refractivity contribution is 7.89. The van der Waals surface area contributed by atoms with E-state index in [1.165, 1.54) is 25.1 Å². The fourth-order valence-corrected chi connectivity index (χ4v) is 4.81. The molecular weight excluding hydrogens is 347 g/mol. The van der Waals surface area contributed by atoms with Crippen LogP contribution in [0.15, 0.2) is 23.1 Å². The molecule has 3 rings (SSSR count). The summed E-state index contributed by atoms with van der Waals surface area (Å²) in [7, 11) is -3.78. The number of sulfonamides is 1. The molecule has 0 unspecified atom stereocenters. The van der Waals surface area contributed by atoms with Crippen molar-refractivity contribution in [3.05, 3.63) is 29.6 Å². The van der Waals surface area contributed by atoms with Crippen molar-refractivity contribution in [2.45, 2.75) is 49.6 Å². The SMILES string of the molecule is Cc1c(F)cccc1S(=O)(=O)NC1CC(N(CC(=O)O)CC2CC2)C1. The zero-order valence-electron chi connectivity index (χ0n) is 14.1. The summed E-state index contributed by atoms with van der Waals surface area (Å²) in [5.41, 5.74) is 0.104. The molecule has 8 heteroatoms. The topological polar surface area (TPSA) is 86.7 Å². The van der Waals surface area contributed by atoms with Gasteiger partial charge in [-0.15, -0.1) is 0 Å². The number of nitrogens with one attached hydrogen (secondary N) is 1. The Balaban J connectivity index is 1.60. The van der Waals surface area contributed by atoms with Gasteiger partial charge in [0.1, 0.15) is 5.82 Å². The summed E-state index contributed by atoms with van der Waals surface area (Å²) in [6.45, 7) is 2.20. The standard InChI is InChI=1S/C17H23FN2O4S/c1-11-15(18)3-2-4-16(11)25(23,24)19-13-7-14(8-13)20(10-17(21)22)9-12-5-6-12/h2-4,12-14,19H,5-10H2,1H3,(H,21,22). The normalized spacial score (nSPS) is 23.5. The first-order chi connectivity index (χ1) is 11.8. The average Bonchev–Trinajstić information content (AvgIpc) is 3.28. The quantitative estimate of drug-likeness (QED) is 0.728. The Bertz CT molecular complexity index is 758. The van der Waals surface area contributed by atoms with Gasteiger partial charge >= 0.3 is 5.97 Å². The highest BCUT2D eigenvalue weighted by Gasteiger charge is 2.39. The highest BCUT2D eigenvalue weighted by Crippen LogP contribution is 2.34. The lowest BCUT2D eigenvalue weighted by molar-refractivity contribution is -0.139.